The molecular formula is C16H18N4O4S. The molecule has 2 aromatic heterocycles. The van der Waals surface area contributed by atoms with Crippen LogP contribution in [0.3, 0.4) is 0 Å². The van der Waals surface area contributed by atoms with Crippen molar-refractivity contribution in [3.8, 4) is 0 Å². The van der Waals surface area contributed by atoms with Crippen LogP contribution in [0.4, 0.5) is 5.13 Å². The van der Waals surface area contributed by atoms with Crippen molar-refractivity contribution < 1.29 is 19.5 Å². The molecule has 1 unspecified atom stereocenters. The van der Waals surface area contributed by atoms with Crippen molar-refractivity contribution in [1.29, 1.82) is 0 Å². The lowest BCUT2D eigenvalue weighted by molar-refractivity contribution is -0.140. The van der Waals surface area contributed by atoms with Crippen LogP contribution < -0.4 is 4.90 Å². The zero-order chi connectivity index (χ0) is 18.3. The summed E-state index contributed by atoms with van der Waals surface area (Å²) < 4.78 is 1.24. The minimum absolute atomic E-state index is 0.0416. The molecule has 3 rings (SSSR count). The number of carbonyl (C=O) groups is 3. The fraction of sp³-hybridized carbons (Fsp3) is 0.438. The van der Waals surface area contributed by atoms with Gasteiger partial charge in [0.15, 0.2) is 16.6 Å². The number of carbonyl (C=O) groups excluding carboxylic acids is 2. The first-order valence-electron chi connectivity index (χ1n) is 7.89. The molecule has 0 radical (unpaired) electrons. The van der Waals surface area contributed by atoms with Gasteiger partial charge in [-0.05, 0) is 32.8 Å². The van der Waals surface area contributed by atoms with Crippen LogP contribution >= 0.6 is 11.3 Å². The van der Waals surface area contributed by atoms with Gasteiger partial charge in [0.05, 0.1) is 10.6 Å². The van der Waals surface area contributed by atoms with Crippen molar-refractivity contribution in [2.45, 2.75) is 45.7 Å². The highest BCUT2D eigenvalue weighted by atomic mass is 32.1. The normalized spacial score (nSPS) is 15.0. The lowest BCUT2D eigenvalue weighted by atomic mass is 10.3. The predicted octanol–water partition coefficient (Wildman–Crippen LogP) is 2.31. The summed E-state index contributed by atoms with van der Waals surface area (Å²) in [6, 6.07) is 0.686. The monoisotopic (exact) mass is 362 g/mol. The Labute approximate surface area is 148 Å². The SMILES string of the molecule is CC(=O)c1sc(N(C(=O)c2ccn(C(C)C(=O)O)n2)C2CC2)nc1C. The Morgan fingerprint density at radius 3 is 2.60 bits per heavy atom. The van der Waals surface area contributed by atoms with Crippen molar-refractivity contribution in [3.05, 3.63) is 28.5 Å². The zero-order valence-corrected chi connectivity index (χ0v) is 14.9. The fourth-order valence-electron chi connectivity index (χ4n) is 2.46. The number of nitrogens with zero attached hydrogens (tertiary/aromatic N) is 4. The number of aromatic nitrogens is 3. The first-order chi connectivity index (χ1) is 11.8. The smallest absolute Gasteiger partial charge is 0.328 e. The van der Waals surface area contributed by atoms with Gasteiger partial charge in [0, 0.05) is 19.2 Å². The van der Waals surface area contributed by atoms with Crippen molar-refractivity contribution in [3.63, 3.8) is 0 Å². The van der Waals surface area contributed by atoms with Crippen LogP contribution in [0.25, 0.3) is 0 Å². The fourth-order valence-corrected chi connectivity index (χ4v) is 3.49. The molecule has 1 fully saturated rings. The van der Waals surface area contributed by atoms with Crippen LogP contribution in [0.5, 0.6) is 0 Å². The van der Waals surface area contributed by atoms with E-state index in [1.165, 1.54) is 42.1 Å². The number of thiazole rings is 1. The van der Waals surface area contributed by atoms with Gasteiger partial charge in [-0.15, -0.1) is 0 Å². The molecule has 0 bridgehead atoms. The number of ketones is 1. The third-order valence-corrected chi connectivity index (χ3v) is 5.28. The van der Waals surface area contributed by atoms with Crippen LogP contribution in [0.1, 0.15) is 58.6 Å². The molecule has 0 spiro atoms. The first-order valence-corrected chi connectivity index (χ1v) is 8.71. The van der Waals surface area contributed by atoms with E-state index in [1.807, 2.05) is 0 Å². The summed E-state index contributed by atoms with van der Waals surface area (Å²) in [6.07, 6.45) is 3.21. The number of anilines is 1. The van der Waals surface area contributed by atoms with Crippen molar-refractivity contribution in [1.82, 2.24) is 14.8 Å². The molecule has 2 aromatic rings. The third-order valence-electron chi connectivity index (χ3n) is 4.02. The molecule has 1 atom stereocenters. The molecule has 1 aliphatic carbocycles. The second-order valence-electron chi connectivity index (χ2n) is 6.07. The highest BCUT2D eigenvalue weighted by molar-refractivity contribution is 7.17. The van der Waals surface area contributed by atoms with E-state index in [1.54, 1.807) is 11.8 Å². The molecule has 1 aliphatic rings. The molecule has 0 aliphatic heterocycles. The standard InChI is InChI=1S/C16H18N4O4S/c1-8-13(10(3)21)25-16(17-8)20(11-4-5-11)14(22)12-6-7-19(18-12)9(2)15(23)24/h6-7,9,11H,4-5H2,1-3H3,(H,23,24). The average Bonchev–Trinajstić information content (AvgIpc) is 3.11. The number of carboxylic acids is 1. The molecule has 1 N–H and O–H groups in total. The van der Waals surface area contributed by atoms with Crippen LogP contribution in [0.2, 0.25) is 0 Å². The third kappa shape index (κ3) is 3.32. The number of Topliss-reactive ketones (excluding diaryl/α,β-unsaturated/α-hetero) is 1. The van der Waals surface area contributed by atoms with Crippen LogP contribution in [0, 0.1) is 6.92 Å². The Morgan fingerprint density at radius 1 is 1.40 bits per heavy atom. The summed E-state index contributed by atoms with van der Waals surface area (Å²) >= 11 is 1.20. The van der Waals surface area contributed by atoms with Crippen LogP contribution in [-0.2, 0) is 4.79 Å². The minimum atomic E-state index is -1.03. The van der Waals surface area contributed by atoms with Gasteiger partial charge in [-0.3, -0.25) is 19.2 Å². The van der Waals surface area contributed by atoms with Gasteiger partial charge in [0.25, 0.3) is 5.91 Å². The summed E-state index contributed by atoms with van der Waals surface area (Å²) in [5.74, 6) is -1.44. The highest BCUT2D eigenvalue weighted by Gasteiger charge is 2.37. The second kappa shape index (κ2) is 6.40. The maximum absolute atomic E-state index is 12.9. The lowest BCUT2D eigenvalue weighted by Crippen LogP contribution is -2.33. The van der Waals surface area contributed by atoms with E-state index in [0.29, 0.717) is 15.7 Å². The lowest BCUT2D eigenvalue weighted by Gasteiger charge is -2.18. The topological polar surface area (TPSA) is 105 Å². The Kier molecular flexibility index (Phi) is 4.42. The second-order valence-corrected chi connectivity index (χ2v) is 7.05. The number of amides is 1. The van der Waals surface area contributed by atoms with Crippen molar-refractivity contribution in [2.75, 3.05) is 4.90 Å². The molecular weight excluding hydrogens is 344 g/mol. The van der Waals surface area contributed by atoms with E-state index in [4.69, 9.17) is 5.11 Å². The van der Waals surface area contributed by atoms with E-state index in [9.17, 15) is 14.4 Å². The molecule has 8 nitrogen and oxygen atoms in total. The number of hydrogen-bond donors (Lipinski definition) is 1. The maximum atomic E-state index is 12.9. The van der Waals surface area contributed by atoms with Gasteiger partial charge in [0.2, 0.25) is 0 Å². The van der Waals surface area contributed by atoms with E-state index >= 15 is 0 Å². The number of aliphatic carboxylic acids is 1. The van der Waals surface area contributed by atoms with E-state index in [2.05, 4.69) is 10.1 Å². The number of hydrogen-bond acceptors (Lipinski definition) is 6. The van der Waals surface area contributed by atoms with Gasteiger partial charge in [0.1, 0.15) is 6.04 Å². The van der Waals surface area contributed by atoms with E-state index in [-0.39, 0.29) is 23.4 Å². The van der Waals surface area contributed by atoms with Crippen molar-refractivity contribution >= 4 is 34.1 Å². The van der Waals surface area contributed by atoms with Gasteiger partial charge in [-0.1, -0.05) is 11.3 Å². The molecule has 0 aromatic carbocycles. The number of aryl methyl sites for hydroxylation is 1. The van der Waals surface area contributed by atoms with Crippen LogP contribution in [-0.4, -0.2) is 43.6 Å². The molecule has 132 valence electrons. The Hall–Kier alpha value is -2.55. The summed E-state index contributed by atoms with van der Waals surface area (Å²) in [5.41, 5.74) is 0.771. The molecule has 2 heterocycles. The quantitative estimate of drug-likeness (QED) is 0.791. The molecule has 9 heteroatoms. The average molecular weight is 362 g/mol. The Morgan fingerprint density at radius 2 is 2.08 bits per heavy atom. The van der Waals surface area contributed by atoms with Gasteiger partial charge in [-0.2, -0.15) is 5.10 Å². The Bertz CT molecular complexity index is 852. The summed E-state index contributed by atoms with van der Waals surface area (Å²) in [4.78, 5) is 42.1. The maximum Gasteiger partial charge on any atom is 0.328 e. The van der Waals surface area contributed by atoms with Gasteiger partial charge < -0.3 is 5.11 Å². The Balaban J connectivity index is 1.91. The molecule has 1 saturated carbocycles. The first kappa shape index (κ1) is 17.3. The number of rotatable bonds is 6. The van der Waals surface area contributed by atoms with Crippen molar-refractivity contribution in [2.24, 2.45) is 0 Å². The summed E-state index contributed by atoms with van der Waals surface area (Å²) in [7, 11) is 0. The molecule has 25 heavy (non-hydrogen) atoms. The van der Waals surface area contributed by atoms with Crippen LogP contribution in [0.15, 0.2) is 12.3 Å². The zero-order valence-electron chi connectivity index (χ0n) is 14.1. The summed E-state index contributed by atoms with van der Waals surface area (Å²) in [5, 5.41) is 13.6. The summed E-state index contributed by atoms with van der Waals surface area (Å²) in [6.45, 7) is 4.71. The van der Waals surface area contributed by atoms with E-state index in [0.717, 1.165) is 12.8 Å². The minimum Gasteiger partial charge on any atom is -0.480 e. The van der Waals surface area contributed by atoms with Gasteiger partial charge >= 0.3 is 5.97 Å². The van der Waals surface area contributed by atoms with E-state index < -0.39 is 12.0 Å². The molecule has 1 amide bonds. The largest absolute Gasteiger partial charge is 0.480 e. The van der Waals surface area contributed by atoms with Gasteiger partial charge in [-0.25, -0.2) is 9.78 Å². The predicted molar refractivity (Wildman–Crippen MR) is 91.3 cm³/mol. The number of carboxylic acid groups (broad SMARTS) is 1. The molecule has 0 saturated heterocycles. The highest BCUT2D eigenvalue weighted by Crippen LogP contribution is 2.36.